The first-order chi connectivity index (χ1) is 11.8. The van der Waals surface area contributed by atoms with Crippen molar-refractivity contribution in [1.82, 2.24) is 0 Å². The molecule has 2 rings (SSSR count). The van der Waals surface area contributed by atoms with Gasteiger partial charge in [-0.3, -0.25) is 9.10 Å². The van der Waals surface area contributed by atoms with Crippen molar-refractivity contribution < 1.29 is 13.2 Å². The normalized spacial score (nSPS) is 11.2. The van der Waals surface area contributed by atoms with Gasteiger partial charge in [-0.2, -0.15) is 0 Å². The van der Waals surface area contributed by atoms with Crippen molar-refractivity contribution in [3.63, 3.8) is 0 Å². The second-order valence-electron chi connectivity index (χ2n) is 5.98. The van der Waals surface area contributed by atoms with E-state index in [1.54, 1.807) is 18.2 Å². The number of para-hydroxylation sites is 1. The van der Waals surface area contributed by atoms with Crippen LogP contribution >= 0.6 is 0 Å². The first-order valence-electron chi connectivity index (χ1n) is 8.23. The van der Waals surface area contributed by atoms with Crippen molar-refractivity contribution in [3.8, 4) is 0 Å². The van der Waals surface area contributed by atoms with E-state index >= 15 is 0 Å². The van der Waals surface area contributed by atoms with Crippen LogP contribution in [-0.2, 0) is 21.2 Å². The third-order valence-corrected chi connectivity index (χ3v) is 5.10. The van der Waals surface area contributed by atoms with Gasteiger partial charge in [0.2, 0.25) is 15.9 Å². The number of anilines is 2. The lowest BCUT2D eigenvalue weighted by Gasteiger charge is -2.22. The molecular weight excluding hydrogens is 336 g/mol. The fourth-order valence-electron chi connectivity index (χ4n) is 2.64. The van der Waals surface area contributed by atoms with Crippen LogP contribution < -0.4 is 9.62 Å². The molecule has 6 heteroatoms. The summed E-state index contributed by atoms with van der Waals surface area (Å²) in [6.45, 7) is 4.02. The molecule has 0 unspecified atom stereocenters. The molecule has 0 saturated carbocycles. The van der Waals surface area contributed by atoms with Crippen LogP contribution in [0.2, 0.25) is 0 Å². The molecule has 0 aliphatic rings. The van der Waals surface area contributed by atoms with Crippen LogP contribution in [0.1, 0.15) is 24.5 Å². The number of carbonyl (C=O) groups excluding carboxylic acids is 1. The molecule has 2 aromatic carbocycles. The van der Waals surface area contributed by atoms with E-state index in [2.05, 4.69) is 5.32 Å². The highest BCUT2D eigenvalue weighted by Crippen LogP contribution is 2.20. The monoisotopic (exact) mass is 360 g/mol. The third-order valence-electron chi connectivity index (χ3n) is 3.90. The molecular formula is C19H24N2O3S. The van der Waals surface area contributed by atoms with Gasteiger partial charge in [-0.15, -0.1) is 0 Å². The van der Waals surface area contributed by atoms with Gasteiger partial charge < -0.3 is 5.32 Å². The minimum Gasteiger partial charge on any atom is -0.326 e. The predicted molar refractivity (Wildman–Crippen MR) is 102 cm³/mol. The Bertz CT molecular complexity index is 847. The molecule has 0 bridgehead atoms. The van der Waals surface area contributed by atoms with Crippen LogP contribution in [0.15, 0.2) is 48.5 Å². The zero-order valence-electron chi connectivity index (χ0n) is 14.8. The van der Waals surface area contributed by atoms with Gasteiger partial charge in [-0.1, -0.05) is 37.3 Å². The fraction of sp³-hybridized carbons (Fsp3) is 0.316. The molecule has 5 nitrogen and oxygen atoms in total. The van der Waals surface area contributed by atoms with E-state index in [0.717, 1.165) is 29.5 Å². The Kier molecular flexibility index (Phi) is 6.20. The Morgan fingerprint density at radius 3 is 2.48 bits per heavy atom. The maximum absolute atomic E-state index is 12.3. The molecule has 0 aromatic heterocycles. The summed E-state index contributed by atoms with van der Waals surface area (Å²) in [5.74, 6) is -0.206. The first kappa shape index (κ1) is 19.0. The number of rotatable bonds is 7. The number of aryl methyl sites for hydroxylation is 2. The molecule has 0 radical (unpaired) electrons. The number of benzene rings is 2. The van der Waals surface area contributed by atoms with Gasteiger partial charge >= 0.3 is 0 Å². The van der Waals surface area contributed by atoms with Crippen LogP contribution in [-0.4, -0.2) is 27.1 Å². The van der Waals surface area contributed by atoms with Crippen molar-refractivity contribution in [2.24, 2.45) is 0 Å². The van der Waals surface area contributed by atoms with Gasteiger partial charge in [0.25, 0.3) is 0 Å². The number of nitrogens with zero attached hydrogens (tertiary/aromatic N) is 1. The molecule has 25 heavy (non-hydrogen) atoms. The Morgan fingerprint density at radius 1 is 1.12 bits per heavy atom. The van der Waals surface area contributed by atoms with Gasteiger partial charge in [0.1, 0.15) is 0 Å². The van der Waals surface area contributed by atoms with Crippen LogP contribution in [0.25, 0.3) is 0 Å². The quantitative estimate of drug-likeness (QED) is 0.823. The van der Waals surface area contributed by atoms with E-state index < -0.39 is 10.0 Å². The van der Waals surface area contributed by atoms with Crippen molar-refractivity contribution in [2.75, 3.05) is 22.4 Å². The number of hydrogen-bond acceptors (Lipinski definition) is 3. The van der Waals surface area contributed by atoms with Crippen molar-refractivity contribution in [2.45, 2.75) is 26.7 Å². The summed E-state index contributed by atoms with van der Waals surface area (Å²) in [5.41, 5.74) is 3.36. The zero-order chi connectivity index (χ0) is 18.4. The van der Waals surface area contributed by atoms with Crippen LogP contribution in [0.4, 0.5) is 11.4 Å². The molecule has 134 valence electrons. The Balaban J connectivity index is 2.09. The topological polar surface area (TPSA) is 66.5 Å². The van der Waals surface area contributed by atoms with Crippen LogP contribution in [0, 0.1) is 6.92 Å². The van der Waals surface area contributed by atoms with Gasteiger partial charge in [0, 0.05) is 18.7 Å². The fourth-order valence-corrected chi connectivity index (χ4v) is 3.56. The summed E-state index contributed by atoms with van der Waals surface area (Å²) in [6.07, 6.45) is 2.05. The molecule has 1 N–H and O–H groups in total. The summed E-state index contributed by atoms with van der Waals surface area (Å²) >= 11 is 0. The molecule has 0 saturated heterocycles. The van der Waals surface area contributed by atoms with E-state index in [1.165, 1.54) is 4.31 Å². The lowest BCUT2D eigenvalue weighted by Crippen LogP contribution is -2.33. The Hall–Kier alpha value is -2.34. The second kappa shape index (κ2) is 8.16. The average Bonchev–Trinajstić information content (AvgIpc) is 2.54. The number of hydrogen-bond donors (Lipinski definition) is 1. The lowest BCUT2D eigenvalue weighted by molar-refractivity contribution is -0.116. The number of carbonyl (C=O) groups is 1. The van der Waals surface area contributed by atoms with Crippen LogP contribution in [0.3, 0.4) is 0 Å². The van der Waals surface area contributed by atoms with Gasteiger partial charge in [0.05, 0.1) is 11.9 Å². The van der Waals surface area contributed by atoms with Gasteiger partial charge in [-0.05, 0) is 42.7 Å². The molecule has 1 amide bonds. The van der Waals surface area contributed by atoms with Gasteiger partial charge in [0.15, 0.2) is 0 Å². The molecule has 2 aromatic rings. The molecule has 0 atom stereocenters. The van der Waals surface area contributed by atoms with E-state index in [4.69, 9.17) is 0 Å². The summed E-state index contributed by atoms with van der Waals surface area (Å²) < 4.78 is 25.5. The lowest BCUT2D eigenvalue weighted by atomic mass is 10.1. The molecule has 0 aliphatic carbocycles. The Morgan fingerprint density at radius 2 is 1.84 bits per heavy atom. The van der Waals surface area contributed by atoms with E-state index in [-0.39, 0.29) is 18.9 Å². The van der Waals surface area contributed by atoms with E-state index in [1.807, 2.05) is 44.2 Å². The highest BCUT2D eigenvalue weighted by atomic mass is 32.2. The van der Waals surface area contributed by atoms with Crippen molar-refractivity contribution >= 4 is 27.3 Å². The number of sulfonamides is 1. The minimum absolute atomic E-state index is 0.0824. The smallest absolute Gasteiger partial charge is 0.232 e. The molecule has 0 aliphatic heterocycles. The standard InChI is InChI=1S/C19H24N2O3S/c1-4-16-9-5-6-11-18(16)20-19(22)12-13-21(25(3,23)24)17-10-7-8-15(2)14-17/h5-11,14H,4,12-13H2,1-3H3,(H,20,22). The number of amides is 1. The number of nitrogens with one attached hydrogen (secondary N) is 1. The SMILES string of the molecule is CCc1ccccc1NC(=O)CCN(c1cccc(C)c1)S(C)(=O)=O. The second-order valence-corrected chi connectivity index (χ2v) is 7.89. The summed E-state index contributed by atoms with van der Waals surface area (Å²) in [6, 6.07) is 14.8. The summed E-state index contributed by atoms with van der Waals surface area (Å²) in [4.78, 5) is 12.3. The average molecular weight is 360 g/mol. The van der Waals surface area contributed by atoms with Crippen molar-refractivity contribution in [1.29, 1.82) is 0 Å². The van der Waals surface area contributed by atoms with Crippen molar-refractivity contribution in [3.05, 3.63) is 59.7 Å². The van der Waals surface area contributed by atoms with E-state index in [0.29, 0.717) is 5.69 Å². The van der Waals surface area contributed by atoms with E-state index in [9.17, 15) is 13.2 Å². The Labute approximate surface area is 149 Å². The van der Waals surface area contributed by atoms with Gasteiger partial charge in [-0.25, -0.2) is 8.42 Å². The zero-order valence-corrected chi connectivity index (χ0v) is 15.6. The summed E-state index contributed by atoms with van der Waals surface area (Å²) in [5, 5.41) is 2.87. The third kappa shape index (κ3) is 5.32. The molecule has 0 fully saturated rings. The van der Waals surface area contributed by atoms with Crippen LogP contribution in [0.5, 0.6) is 0 Å². The molecule has 0 heterocycles. The highest BCUT2D eigenvalue weighted by Gasteiger charge is 2.19. The first-order valence-corrected chi connectivity index (χ1v) is 10.1. The molecule has 0 spiro atoms. The largest absolute Gasteiger partial charge is 0.326 e. The predicted octanol–water partition coefficient (Wildman–Crippen LogP) is 3.35. The minimum atomic E-state index is -3.46. The maximum atomic E-state index is 12.3. The highest BCUT2D eigenvalue weighted by molar-refractivity contribution is 7.92. The summed E-state index contributed by atoms with van der Waals surface area (Å²) in [7, 11) is -3.46. The maximum Gasteiger partial charge on any atom is 0.232 e.